The summed E-state index contributed by atoms with van der Waals surface area (Å²) in [6, 6.07) is 19.6. The Labute approximate surface area is 332 Å². The number of hydrogen-bond donors (Lipinski definition) is 5. The van der Waals surface area contributed by atoms with Crippen LogP contribution in [0.25, 0.3) is 0 Å². The smallest absolute Gasteiger partial charge is 0.234 e. The van der Waals surface area contributed by atoms with Crippen LogP contribution in [0.3, 0.4) is 0 Å². The van der Waals surface area contributed by atoms with E-state index in [1.807, 2.05) is 42.5 Å². The Morgan fingerprint density at radius 1 is 0.929 bits per heavy atom. The van der Waals surface area contributed by atoms with Crippen LogP contribution in [-0.4, -0.2) is 82.8 Å². The maximum atomic E-state index is 12.5. The average molecular weight is 802 g/mol. The molecule has 3 aliphatic rings. The van der Waals surface area contributed by atoms with Crippen molar-refractivity contribution < 1.29 is 22.7 Å². The van der Waals surface area contributed by atoms with Crippen LogP contribution in [0.5, 0.6) is 5.75 Å². The average Bonchev–Trinajstić information content (AvgIpc) is 3.65. The molecule has 1 unspecified atom stereocenters. The van der Waals surface area contributed by atoms with Crippen molar-refractivity contribution in [3.05, 3.63) is 83.0 Å². The molecule has 2 saturated heterocycles. The molecule has 56 heavy (non-hydrogen) atoms. The van der Waals surface area contributed by atoms with Gasteiger partial charge in [0.25, 0.3) is 0 Å². The Balaban J connectivity index is 0.842. The number of ether oxygens (including phenoxy) is 1. The number of para-hydroxylation sites is 1. The molecule has 0 bridgehead atoms. The molecule has 4 heterocycles. The summed E-state index contributed by atoms with van der Waals surface area (Å²) in [5, 5.41) is 16.2. The number of methoxy groups -OCH3 is 1. The lowest BCUT2D eigenvalue weighted by Crippen LogP contribution is -2.39. The quantitative estimate of drug-likeness (QED) is 0.0728. The largest absolute Gasteiger partial charge is 0.494 e. The number of nitrogens with one attached hydrogen (secondary N) is 5. The lowest BCUT2D eigenvalue weighted by molar-refractivity contribution is -0.134. The van der Waals surface area contributed by atoms with E-state index in [0.717, 1.165) is 68.8 Å². The van der Waals surface area contributed by atoms with Crippen molar-refractivity contribution in [2.45, 2.75) is 44.4 Å². The number of halogens is 1. The number of amides is 2. The highest BCUT2D eigenvalue weighted by molar-refractivity contribution is 7.92. The molecule has 5 N–H and O–H groups in total. The molecule has 3 aliphatic heterocycles. The lowest BCUT2D eigenvalue weighted by atomic mass is 9.90. The zero-order chi connectivity index (χ0) is 39.2. The van der Waals surface area contributed by atoms with Crippen LogP contribution in [0.4, 0.5) is 40.2 Å². The van der Waals surface area contributed by atoms with Gasteiger partial charge in [0.05, 0.1) is 42.5 Å². The predicted molar refractivity (Wildman–Crippen MR) is 221 cm³/mol. The first-order valence-corrected chi connectivity index (χ1v) is 21.3. The number of benzene rings is 3. The van der Waals surface area contributed by atoms with Gasteiger partial charge in [0.15, 0.2) is 5.82 Å². The monoisotopic (exact) mass is 801 g/mol. The lowest BCUT2D eigenvalue weighted by Gasteiger charge is -2.34. The number of imide groups is 1. The normalized spacial score (nSPS) is 17.4. The molecule has 0 aliphatic carbocycles. The maximum absolute atomic E-state index is 12.5. The van der Waals surface area contributed by atoms with Gasteiger partial charge < -0.3 is 30.9 Å². The second-order valence-corrected chi connectivity index (χ2v) is 16.8. The molecule has 1 atom stereocenters. The van der Waals surface area contributed by atoms with Gasteiger partial charge in [-0.2, -0.15) is 4.98 Å². The van der Waals surface area contributed by atoms with E-state index in [1.165, 1.54) is 22.4 Å². The third-order valence-corrected chi connectivity index (χ3v) is 12.1. The zero-order valence-corrected chi connectivity index (χ0v) is 33.2. The summed E-state index contributed by atoms with van der Waals surface area (Å²) < 4.78 is 32.0. The van der Waals surface area contributed by atoms with Gasteiger partial charge in [-0.3, -0.25) is 19.2 Å². The minimum Gasteiger partial charge on any atom is -0.494 e. The van der Waals surface area contributed by atoms with E-state index in [1.54, 1.807) is 13.2 Å². The van der Waals surface area contributed by atoms with E-state index in [0.29, 0.717) is 66.3 Å². The van der Waals surface area contributed by atoms with Crippen LogP contribution in [0.15, 0.2) is 66.9 Å². The molecular weight excluding hydrogens is 754 g/mol. The number of aromatic nitrogens is 2. The number of sulfonamides is 1. The molecule has 296 valence electrons. The van der Waals surface area contributed by atoms with E-state index in [-0.39, 0.29) is 22.8 Å². The molecule has 1 aromatic heterocycles. The van der Waals surface area contributed by atoms with Gasteiger partial charge in [-0.05, 0) is 86.0 Å². The first-order valence-electron chi connectivity index (χ1n) is 19.0. The van der Waals surface area contributed by atoms with Crippen LogP contribution in [0.2, 0.25) is 5.02 Å². The van der Waals surface area contributed by atoms with Crippen molar-refractivity contribution in [1.29, 1.82) is 0 Å². The van der Waals surface area contributed by atoms with E-state index in [4.69, 9.17) is 16.3 Å². The van der Waals surface area contributed by atoms with Crippen LogP contribution in [-0.2, 0) is 26.0 Å². The fourth-order valence-corrected chi connectivity index (χ4v) is 8.77. The molecule has 2 amide bonds. The van der Waals surface area contributed by atoms with Gasteiger partial charge in [0.2, 0.25) is 27.8 Å². The molecular formula is C40H48ClN9O5S. The second-order valence-electron chi connectivity index (χ2n) is 14.4. The first kappa shape index (κ1) is 39.1. The number of piperidine rings is 2. The minimum absolute atomic E-state index is 0.187. The van der Waals surface area contributed by atoms with E-state index >= 15 is 0 Å². The molecule has 0 radical (unpaired) electrons. The number of anilines is 7. The Morgan fingerprint density at radius 3 is 2.48 bits per heavy atom. The molecule has 0 spiro atoms. The number of hydrogen-bond acceptors (Lipinski definition) is 12. The fourth-order valence-electron chi connectivity index (χ4n) is 7.66. The molecule has 3 aromatic carbocycles. The third kappa shape index (κ3) is 9.28. The van der Waals surface area contributed by atoms with Crippen molar-refractivity contribution in [3.8, 4) is 5.75 Å². The number of carbonyl (C=O) groups excluding carboxylic acids is 2. The first-order chi connectivity index (χ1) is 27.1. The third-order valence-electron chi connectivity index (χ3n) is 10.7. The minimum atomic E-state index is -3.45. The van der Waals surface area contributed by atoms with Crippen molar-refractivity contribution in [2.75, 3.05) is 77.8 Å². The number of nitrogens with zero attached hydrogens (tertiary/aromatic N) is 4. The molecule has 0 saturated carbocycles. The Kier molecular flexibility index (Phi) is 12.1. The highest BCUT2D eigenvalue weighted by Gasteiger charge is 2.30. The van der Waals surface area contributed by atoms with Crippen LogP contribution in [0.1, 0.15) is 49.1 Å². The van der Waals surface area contributed by atoms with Gasteiger partial charge in [-0.15, -0.1) is 0 Å². The van der Waals surface area contributed by atoms with Gasteiger partial charge in [0.1, 0.15) is 10.8 Å². The number of carbonyl (C=O) groups is 2. The summed E-state index contributed by atoms with van der Waals surface area (Å²) in [6.45, 7) is 4.94. The van der Waals surface area contributed by atoms with Crippen molar-refractivity contribution >= 4 is 73.6 Å². The second kappa shape index (κ2) is 17.3. The predicted octanol–water partition coefficient (Wildman–Crippen LogP) is 5.78. The molecule has 14 nitrogen and oxygen atoms in total. The van der Waals surface area contributed by atoms with Crippen molar-refractivity contribution in [1.82, 2.24) is 20.6 Å². The van der Waals surface area contributed by atoms with E-state index in [2.05, 4.69) is 53.6 Å². The molecule has 2 fully saturated rings. The Bertz CT molecular complexity index is 2160. The highest BCUT2D eigenvalue weighted by atomic mass is 35.5. The highest BCUT2D eigenvalue weighted by Crippen LogP contribution is 2.39. The Hall–Kier alpha value is -5.12. The molecule has 16 heteroatoms. The van der Waals surface area contributed by atoms with Crippen LogP contribution < -0.4 is 40.5 Å². The summed E-state index contributed by atoms with van der Waals surface area (Å²) in [5.41, 5.74) is 5.86. The van der Waals surface area contributed by atoms with E-state index in [9.17, 15) is 18.0 Å². The SMILES string of the molecule is COc1cc(NCCNCCC2CCN(c3ccc(C4CCC(=O)NC4=O)cc3)CC2)ccc1Nc1ncc(Cl)c(Nc2cccc3c2N(S(C)(=O)=O)CC3)n1. The van der Waals surface area contributed by atoms with Crippen molar-refractivity contribution in [3.63, 3.8) is 0 Å². The summed E-state index contributed by atoms with van der Waals surface area (Å²) in [7, 11) is -1.84. The summed E-state index contributed by atoms with van der Waals surface area (Å²) >= 11 is 6.48. The summed E-state index contributed by atoms with van der Waals surface area (Å²) in [5.74, 6) is 1.28. The fraction of sp³-hybridized carbons (Fsp3) is 0.400. The van der Waals surface area contributed by atoms with Gasteiger partial charge >= 0.3 is 0 Å². The topological polar surface area (TPSA) is 170 Å². The molecule has 7 rings (SSSR count). The summed E-state index contributed by atoms with van der Waals surface area (Å²) in [4.78, 5) is 35.1. The van der Waals surface area contributed by atoms with Gasteiger partial charge in [-0.1, -0.05) is 35.9 Å². The maximum Gasteiger partial charge on any atom is 0.234 e. The number of rotatable bonds is 15. The van der Waals surface area contributed by atoms with Crippen LogP contribution in [0, 0.1) is 5.92 Å². The van der Waals surface area contributed by atoms with Crippen LogP contribution >= 0.6 is 11.6 Å². The Morgan fingerprint density at radius 2 is 1.73 bits per heavy atom. The standard InChI is InChI=1S/C40H48ClN9O5S/c1-55-35-24-29(8-12-33(35)46-40-44-25-32(41)38(48-40)45-34-5-3-4-28-17-23-50(37(28)34)56(2,53)54)43-20-19-42-18-14-26-15-21-49(22-16-26)30-9-6-27(7-10-30)31-11-13-36(51)47-39(31)52/h3-10,12,24-26,31,42-43H,11,13-23H2,1-2H3,(H,47,51,52)(H2,44,45,46,48). The van der Waals surface area contributed by atoms with Crippen molar-refractivity contribution in [2.24, 2.45) is 5.92 Å². The van der Waals surface area contributed by atoms with Gasteiger partial charge in [0, 0.05) is 56.6 Å². The summed E-state index contributed by atoms with van der Waals surface area (Å²) in [6.07, 6.45) is 7.70. The van der Waals surface area contributed by atoms with Gasteiger partial charge in [-0.25, -0.2) is 13.4 Å². The number of fused-ring (bicyclic) bond motifs is 1. The molecule has 4 aromatic rings. The van der Waals surface area contributed by atoms with E-state index < -0.39 is 10.0 Å². The zero-order valence-electron chi connectivity index (χ0n) is 31.6.